The zero-order valence-electron chi connectivity index (χ0n) is 13.0. The summed E-state index contributed by atoms with van der Waals surface area (Å²) in [5.74, 6) is -1.84. The van der Waals surface area contributed by atoms with E-state index in [9.17, 15) is 19.8 Å². The molecule has 0 bridgehead atoms. The lowest BCUT2D eigenvalue weighted by Gasteiger charge is -2.53. The van der Waals surface area contributed by atoms with Crippen LogP contribution < -0.4 is 0 Å². The van der Waals surface area contributed by atoms with Crippen molar-refractivity contribution in [3.8, 4) is 0 Å². The smallest absolute Gasteiger partial charge is 0.308 e. The Labute approximate surface area is 125 Å². The number of carbonyl (C=O) groups excluding carboxylic acids is 2. The average Bonchev–Trinajstić information content (AvgIpc) is 2.42. The zero-order chi connectivity index (χ0) is 16.0. The molecule has 2 N–H and O–H groups in total. The topological polar surface area (TPSA) is 83.8 Å². The van der Waals surface area contributed by atoms with Crippen molar-refractivity contribution >= 4 is 11.8 Å². The first-order chi connectivity index (χ1) is 9.65. The van der Waals surface area contributed by atoms with Gasteiger partial charge in [0.05, 0.1) is 24.7 Å². The fraction of sp³-hybridized carbons (Fsp3) is 0.750. The number of ether oxygens (including phenoxy) is 1. The Bertz CT molecular complexity index is 481. The van der Waals surface area contributed by atoms with Gasteiger partial charge in [-0.15, -0.1) is 0 Å². The molecule has 0 aliphatic heterocycles. The monoisotopic (exact) mass is 296 g/mol. The number of hydrogen-bond donors (Lipinski definition) is 2. The van der Waals surface area contributed by atoms with Crippen LogP contribution in [-0.4, -0.2) is 40.8 Å². The summed E-state index contributed by atoms with van der Waals surface area (Å²) in [4.78, 5) is 24.0. The van der Waals surface area contributed by atoms with E-state index in [1.165, 1.54) is 19.3 Å². The van der Waals surface area contributed by atoms with Gasteiger partial charge in [0, 0.05) is 11.3 Å². The molecule has 0 aromatic heterocycles. The van der Waals surface area contributed by atoms with Crippen LogP contribution in [0.5, 0.6) is 0 Å². The molecule has 118 valence electrons. The summed E-state index contributed by atoms with van der Waals surface area (Å²) in [5.41, 5.74) is -2.05. The molecule has 5 nitrogen and oxygen atoms in total. The summed E-state index contributed by atoms with van der Waals surface area (Å²) in [5, 5.41) is 21.3. The molecular formula is C16H24O5. The Morgan fingerprint density at radius 1 is 1.48 bits per heavy atom. The van der Waals surface area contributed by atoms with Crippen LogP contribution in [0.1, 0.15) is 33.6 Å². The van der Waals surface area contributed by atoms with Gasteiger partial charge in [-0.05, 0) is 37.8 Å². The van der Waals surface area contributed by atoms with Gasteiger partial charge in [0.2, 0.25) is 0 Å². The predicted octanol–water partition coefficient (Wildman–Crippen LogP) is 1.08. The lowest BCUT2D eigenvalue weighted by atomic mass is 9.52. The third-order valence-corrected chi connectivity index (χ3v) is 5.44. The van der Waals surface area contributed by atoms with E-state index in [1.54, 1.807) is 20.8 Å². The molecule has 1 saturated carbocycles. The SMILES string of the molecule is COC(=O)[C@H](C)[C@H]1CC[C@]2(C)C(=O)C=C[C@](C)(O)[C@H]2[C@@H]1O. The van der Waals surface area contributed by atoms with Gasteiger partial charge in [-0.1, -0.05) is 13.8 Å². The Morgan fingerprint density at radius 3 is 2.67 bits per heavy atom. The van der Waals surface area contributed by atoms with Crippen molar-refractivity contribution in [2.75, 3.05) is 7.11 Å². The molecule has 0 unspecified atom stereocenters. The summed E-state index contributed by atoms with van der Waals surface area (Å²) in [6.45, 7) is 5.12. The fourth-order valence-corrected chi connectivity index (χ4v) is 4.13. The van der Waals surface area contributed by atoms with E-state index in [2.05, 4.69) is 0 Å². The molecule has 0 heterocycles. The molecule has 2 aliphatic rings. The number of fused-ring (bicyclic) bond motifs is 1. The highest BCUT2D eigenvalue weighted by Crippen LogP contribution is 2.53. The van der Waals surface area contributed by atoms with Crippen LogP contribution in [0.4, 0.5) is 0 Å². The van der Waals surface area contributed by atoms with Crippen molar-refractivity contribution in [2.45, 2.75) is 45.3 Å². The van der Waals surface area contributed by atoms with Gasteiger partial charge < -0.3 is 14.9 Å². The van der Waals surface area contributed by atoms with Crippen LogP contribution in [0.3, 0.4) is 0 Å². The van der Waals surface area contributed by atoms with Crippen molar-refractivity contribution in [2.24, 2.45) is 23.2 Å². The second-order valence-electron chi connectivity index (χ2n) is 6.82. The molecule has 21 heavy (non-hydrogen) atoms. The number of aliphatic hydroxyl groups is 2. The van der Waals surface area contributed by atoms with E-state index in [-0.39, 0.29) is 17.7 Å². The van der Waals surface area contributed by atoms with E-state index in [4.69, 9.17) is 4.74 Å². The summed E-state index contributed by atoms with van der Waals surface area (Å²) in [7, 11) is 1.32. The van der Waals surface area contributed by atoms with Gasteiger partial charge in [-0.2, -0.15) is 0 Å². The van der Waals surface area contributed by atoms with Gasteiger partial charge in [0.1, 0.15) is 0 Å². The maximum atomic E-state index is 12.2. The van der Waals surface area contributed by atoms with E-state index < -0.39 is 29.0 Å². The Morgan fingerprint density at radius 2 is 2.10 bits per heavy atom. The predicted molar refractivity (Wildman–Crippen MR) is 76.3 cm³/mol. The van der Waals surface area contributed by atoms with E-state index in [0.717, 1.165) is 0 Å². The number of aliphatic hydroxyl groups excluding tert-OH is 1. The van der Waals surface area contributed by atoms with Crippen LogP contribution in [0.15, 0.2) is 12.2 Å². The maximum Gasteiger partial charge on any atom is 0.308 e. The molecular weight excluding hydrogens is 272 g/mol. The molecule has 2 rings (SSSR count). The van der Waals surface area contributed by atoms with Gasteiger partial charge >= 0.3 is 5.97 Å². The number of carbonyl (C=O) groups is 2. The third-order valence-electron chi connectivity index (χ3n) is 5.44. The number of ketones is 1. The van der Waals surface area contributed by atoms with Crippen LogP contribution in [0, 0.1) is 23.2 Å². The molecule has 2 aliphatic carbocycles. The largest absolute Gasteiger partial charge is 0.469 e. The maximum absolute atomic E-state index is 12.2. The van der Waals surface area contributed by atoms with Gasteiger partial charge in [0.25, 0.3) is 0 Å². The first kappa shape index (κ1) is 16.2. The second kappa shape index (κ2) is 5.21. The Kier molecular flexibility index (Phi) is 4.02. The molecule has 0 radical (unpaired) electrons. The van der Waals surface area contributed by atoms with Crippen LogP contribution in [0.2, 0.25) is 0 Å². The minimum Gasteiger partial charge on any atom is -0.469 e. The molecule has 0 saturated heterocycles. The fourth-order valence-electron chi connectivity index (χ4n) is 4.13. The first-order valence-corrected chi connectivity index (χ1v) is 7.37. The lowest BCUT2D eigenvalue weighted by molar-refractivity contribution is -0.172. The van der Waals surface area contributed by atoms with Crippen LogP contribution >= 0.6 is 0 Å². The van der Waals surface area contributed by atoms with Crippen LogP contribution in [0.25, 0.3) is 0 Å². The first-order valence-electron chi connectivity index (χ1n) is 7.37. The highest BCUT2D eigenvalue weighted by molar-refractivity contribution is 5.96. The van der Waals surface area contributed by atoms with Crippen molar-refractivity contribution < 1.29 is 24.5 Å². The Hall–Kier alpha value is -1.20. The molecule has 6 atom stereocenters. The van der Waals surface area contributed by atoms with Gasteiger partial charge in [-0.25, -0.2) is 0 Å². The quantitative estimate of drug-likeness (QED) is 0.745. The zero-order valence-corrected chi connectivity index (χ0v) is 13.0. The minimum atomic E-state index is -1.27. The molecule has 0 aromatic rings. The summed E-state index contributed by atoms with van der Waals surface area (Å²) in [6, 6.07) is 0. The standard InChI is InChI=1S/C16H24O5/c1-9(14(19)21-4)10-5-7-15(2)11(17)6-8-16(3,20)13(15)12(10)18/h6,8-10,12-13,18,20H,5,7H2,1-4H3/t9-,10-,12-,13+,15-,16+/m1/s1. The second-order valence-corrected chi connectivity index (χ2v) is 6.82. The highest BCUT2D eigenvalue weighted by atomic mass is 16.5. The van der Waals surface area contributed by atoms with Gasteiger partial charge in [0.15, 0.2) is 5.78 Å². The molecule has 0 spiro atoms. The normalized spacial score (nSPS) is 44.1. The Balaban J connectivity index is 2.36. The van der Waals surface area contributed by atoms with Crippen molar-refractivity contribution in [1.29, 1.82) is 0 Å². The van der Waals surface area contributed by atoms with Crippen molar-refractivity contribution in [1.82, 2.24) is 0 Å². The summed E-state index contributed by atoms with van der Waals surface area (Å²) in [6.07, 6.45) is 3.03. The van der Waals surface area contributed by atoms with Gasteiger partial charge in [-0.3, -0.25) is 9.59 Å². The summed E-state index contributed by atoms with van der Waals surface area (Å²) >= 11 is 0. The highest BCUT2D eigenvalue weighted by Gasteiger charge is 2.58. The number of esters is 1. The molecule has 5 heteroatoms. The third kappa shape index (κ3) is 2.42. The molecule has 1 fully saturated rings. The van der Waals surface area contributed by atoms with E-state index in [0.29, 0.717) is 12.8 Å². The van der Waals surface area contributed by atoms with Crippen molar-refractivity contribution in [3.05, 3.63) is 12.2 Å². The molecule has 0 amide bonds. The van der Waals surface area contributed by atoms with E-state index >= 15 is 0 Å². The van der Waals surface area contributed by atoms with E-state index in [1.807, 2.05) is 0 Å². The number of rotatable bonds is 2. The summed E-state index contributed by atoms with van der Waals surface area (Å²) < 4.78 is 4.75. The number of methoxy groups -OCH3 is 1. The average molecular weight is 296 g/mol. The lowest BCUT2D eigenvalue weighted by Crippen LogP contribution is -2.60. The minimum absolute atomic E-state index is 0.0674. The number of allylic oxidation sites excluding steroid dienone is 1. The van der Waals surface area contributed by atoms with Crippen molar-refractivity contribution in [3.63, 3.8) is 0 Å². The number of hydrogen-bond acceptors (Lipinski definition) is 5. The van der Waals surface area contributed by atoms with Crippen LogP contribution in [-0.2, 0) is 14.3 Å². The molecule has 0 aromatic carbocycles.